The number of aromatic nitrogens is 1. The second-order valence-electron chi connectivity index (χ2n) is 3.44. The Labute approximate surface area is 102 Å². The molecule has 0 radical (unpaired) electrons. The summed E-state index contributed by atoms with van der Waals surface area (Å²) in [5.74, 6) is 0.197. The summed E-state index contributed by atoms with van der Waals surface area (Å²) in [5, 5.41) is 9.46. The number of carbonyl (C=O) groups excluding carboxylic acids is 2. The molecule has 0 spiro atoms. The highest BCUT2D eigenvalue weighted by atomic mass is 32.1. The van der Waals surface area contributed by atoms with Crippen LogP contribution in [-0.4, -0.2) is 22.7 Å². The van der Waals surface area contributed by atoms with Gasteiger partial charge in [0.05, 0.1) is 0 Å². The van der Waals surface area contributed by atoms with Crippen molar-refractivity contribution in [2.45, 2.75) is 6.42 Å². The van der Waals surface area contributed by atoms with E-state index >= 15 is 0 Å². The monoisotopic (exact) mass is 247 g/mol. The van der Waals surface area contributed by atoms with Crippen molar-refractivity contribution in [3.05, 3.63) is 45.4 Å². The molecule has 0 saturated heterocycles. The number of phenols is 1. The van der Waals surface area contributed by atoms with Gasteiger partial charge in [0, 0.05) is 11.3 Å². The predicted octanol–water partition coefficient (Wildman–Crippen LogP) is 2.06. The van der Waals surface area contributed by atoms with Crippen LogP contribution >= 0.6 is 11.3 Å². The van der Waals surface area contributed by atoms with Gasteiger partial charge in [-0.3, -0.25) is 9.59 Å². The summed E-state index contributed by atoms with van der Waals surface area (Å²) in [6, 6.07) is 6.70. The molecule has 1 heterocycles. The third-order valence-electron chi connectivity index (χ3n) is 2.26. The highest BCUT2D eigenvalue weighted by molar-refractivity contribution is 7.13. The number of thiazole rings is 1. The van der Waals surface area contributed by atoms with Crippen LogP contribution in [0.2, 0.25) is 0 Å². The lowest BCUT2D eigenvalue weighted by atomic mass is 10.1. The molecule has 0 atom stereocenters. The molecular formula is C12H9NO3S. The van der Waals surface area contributed by atoms with E-state index in [-0.39, 0.29) is 5.75 Å². The van der Waals surface area contributed by atoms with Crippen LogP contribution in [0.4, 0.5) is 0 Å². The summed E-state index contributed by atoms with van der Waals surface area (Å²) in [7, 11) is 0. The fourth-order valence-corrected chi connectivity index (χ4v) is 2.33. The molecule has 0 saturated carbocycles. The number of hydrogen-bond acceptors (Lipinski definition) is 5. The van der Waals surface area contributed by atoms with Gasteiger partial charge in [-0.2, -0.15) is 0 Å². The number of carbonyl (C=O) groups is 2. The SMILES string of the molecule is O=Cc1nc(C=O)c(Cc2ccc(O)cc2)s1. The van der Waals surface area contributed by atoms with E-state index in [0.29, 0.717) is 29.7 Å². The summed E-state index contributed by atoms with van der Waals surface area (Å²) in [6.07, 6.45) is 1.82. The third-order valence-corrected chi connectivity index (χ3v) is 3.25. The lowest BCUT2D eigenvalue weighted by Crippen LogP contribution is -1.90. The minimum atomic E-state index is 0.197. The van der Waals surface area contributed by atoms with Crippen LogP contribution in [0.25, 0.3) is 0 Å². The van der Waals surface area contributed by atoms with E-state index in [2.05, 4.69) is 4.98 Å². The average molecular weight is 247 g/mol. The van der Waals surface area contributed by atoms with Crippen LogP contribution in [0.5, 0.6) is 5.75 Å². The van der Waals surface area contributed by atoms with E-state index in [1.807, 2.05) is 0 Å². The lowest BCUT2D eigenvalue weighted by molar-refractivity contribution is 0.111. The van der Waals surface area contributed by atoms with Crippen molar-refractivity contribution in [3.63, 3.8) is 0 Å². The average Bonchev–Trinajstić information content (AvgIpc) is 2.74. The Morgan fingerprint density at radius 2 is 1.88 bits per heavy atom. The second kappa shape index (κ2) is 4.88. The predicted molar refractivity (Wildman–Crippen MR) is 63.8 cm³/mol. The van der Waals surface area contributed by atoms with Crippen molar-refractivity contribution in [1.82, 2.24) is 4.98 Å². The highest BCUT2D eigenvalue weighted by Crippen LogP contribution is 2.21. The van der Waals surface area contributed by atoms with Crippen molar-refractivity contribution in [2.24, 2.45) is 0 Å². The van der Waals surface area contributed by atoms with Crippen molar-refractivity contribution < 1.29 is 14.7 Å². The molecule has 0 aliphatic rings. The van der Waals surface area contributed by atoms with E-state index in [9.17, 15) is 9.59 Å². The zero-order valence-electron chi connectivity index (χ0n) is 8.79. The molecule has 0 bridgehead atoms. The zero-order chi connectivity index (χ0) is 12.3. The van der Waals surface area contributed by atoms with E-state index in [1.54, 1.807) is 24.3 Å². The van der Waals surface area contributed by atoms with Gasteiger partial charge in [0.1, 0.15) is 11.4 Å². The van der Waals surface area contributed by atoms with Crippen molar-refractivity contribution in [3.8, 4) is 5.75 Å². The largest absolute Gasteiger partial charge is 0.508 e. The van der Waals surface area contributed by atoms with Gasteiger partial charge in [0.2, 0.25) is 0 Å². The first-order valence-corrected chi connectivity index (χ1v) is 5.72. The van der Waals surface area contributed by atoms with Gasteiger partial charge in [-0.1, -0.05) is 12.1 Å². The molecule has 0 aliphatic heterocycles. The fourth-order valence-electron chi connectivity index (χ4n) is 1.45. The molecule has 2 rings (SSSR count). The van der Waals surface area contributed by atoms with Gasteiger partial charge in [-0.05, 0) is 17.7 Å². The van der Waals surface area contributed by atoms with Gasteiger partial charge < -0.3 is 5.11 Å². The summed E-state index contributed by atoms with van der Waals surface area (Å²) in [4.78, 5) is 26.0. The number of nitrogens with zero attached hydrogens (tertiary/aromatic N) is 1. The Balaban J connectivity index is 2.28. The van der Waals surface area contributed by atoms with E-state index < -0.39 is 0 Å². The first-order valence-electron chi connectivity index (χ1n) is 4.91. The van der Waals surface area contributed by atoms with Gasteiger partial charge in [0.25, 0.3) is 0 Å². The van der Waals surface area contributed by atoms with Crippen LogP contribution < -0.4 is 0 Å². The molecule has 1 aromatic heterocycles. The molecule has 86 valence electrons. The van der Waals surface area contributed by atoms with Crippen LogP contribution in [0.3, 0.4) is 0 Å². The molecule has 1 N–H and O–H groups in total. The normalized spacial score (nSPS) is 10.1. The van der Waals surface area contributed by atoms with E-state index in [0.717, 1.165) is 10.4 Å². The number of hydrogen-bond donors (Lipinski definition) is 1. The Kier molecular flexibility index (Phi) is 3.30. The van der Waals surface area contributed by atoms with Gasteiger partial charge in [-0.25, -0.2) is 4.98 Å². The van der Waals surface area contributed by atoms with Crippen LogP contribution in [0, 0.1) is 0 Å². The van der Waals surface area contributed by atoms with Gasteiger partial charge >= 0.3 is 0 Å². The minimum Gasteiger partial charge on any atom is -0.508 e. The molecule has 4 nitrogen and oxygen atoms in total. The molecule has 1 aromatic carbocycles. The maximum Gasteiger partial charge on any atom is 0.178 e. The van der Waals surface area contributed by atoms with Crippen LogP contribution in [0.15, 0.2) is 24.3 Å². The van der Waals surface area contributed by atoms with E-state index in [4.69, 9.17) is 5.11 Å². The standard InChI is InChI=1S/C12H9NO3S/c14-6-10-11(17-12(7-15)13-10)5-8-1-3-9(16)4-2-8/h1-4,6-7,16H,5H2. The van der Waals surface area contributed by atoms with Crippen molar-refractivity contribution >= 4 is 23.9 Å². The maximum absolute atomic E-state index is 10.8. The van der Waals surface area contributed by atoms with Crippen molar-refractivity contribution in [1.29, 1.82) is 0 Å². The van der Waals surface area contributed by atoms with Crippen LogP contribution in [-0.2, 0) is 6.42 Å². The molecular weight excluding hydrogens is 238 g/mol. The molecule has 0 fully saturated rings. The first-order chi connectivity index (χ1) is 8.22. The number of phenolic OH excluding ortho intramolecular Hbond substituents is 1. The summed E-state index contributed by atoms with van der Waals surface area (Å²) in [6.45, 7) is 0. The number of aldehydes is 2. The Bertz CT molecular complexity index is 545. The third kappa shape index (κ3) is 2.57. The zero-order valence-corrected chi connectivity index (χ0v) is 9.61. The molecule has 0 unspecified atom stereocenters. The van der Waals surface area contributed by atoms with Crippen molar-refractivity contribution in [2.75, 3.05) is 0 Å². The molecule has 2 aromatic rings. The van der Waals surface area contributed by atoms with Gasteiger partial charge in [0.15, 0.2) is 17.6 Å². The number of aromatic hydroxyl groups is 1. The quantitative estimate of drug-likeness (QED) is 0.840. The van der Waals surface area contributed by atoms with E-state index in [1.165, 1.54) is 11.3 Å². The fraction of sp³-hybridized carbons (Fsp3) is 0.0833. The number of benzene rings is 1. The highest BCUT2D eigenvalue weighted by Gasteiger charge is 2.10. The van der Waals surface area contributed by atoms with Gasteiger partial charge in [-0.15, -0.1) is 11.3 Å². The maximum atomic E-state index is 10.8. The smallest absolute Gasteiger partial charge is 0.178 e. The lowest BCUT2D eigenvalue weighted by Gasteiger charge is -1.99. The minimum absolute atomic E-state index is 0.197. The molecule has 0 amide bonds. The second-order valence-corrected chi connectivity index (χ2v) is 4.55. The Morgan fingerprint density at radius 3 is 2.47 bits per heavy atom. The molecule has 17 heavy (non-hydrogen) atoms. The Hall–Kier alpha value is -2.01. The Morgan fingerprint density at radius 1 is 1.18 bits per heavy atom. The molecule has 5 heteroatoms. The molecule has 0 aliphatic carbocycles. The summed E-state index contributed by atoms with van der Waals surface area (Å²) in [5.41, 5.74) is 1.26. The first kappa shape index (κ1) is 11.5. The topological polar surface area (TPSA) is 67.3 Å². The summed E-state index contributed by atoms with van der Waals surface area (Å²) < 4.78 is 0. The summed E-state index contributed by atoms with van der Waals surface area (Å²) >= 11 is 1.21. The number of rotatable bonds is 4. The van der Waals surface area contributed by atoms with Crippen LogP contribution in [0.1, 0.15) is 30.7 Å².